The molecule has 4 fully saturated rings. The van der Waals surface area contributed by atoms with Crippen LogP contribution in [0.3, 0.4) is 0 Å². The Morgan fingerprint density at radius 2 is 1.82 bits per heavy atom. The Kier molecular flexibility index (Phi) is 6.08. The second-order valence-electron chi connectivity index (χ2n) is 10.5. The summed E-state index contributed by atoms with van der Waals surface area (Å²) in [6.45, 7) is 3.18. The van der Waals surface area contributed by atoms with Crippen LogP contribution >= 0.6 is 0 Å². The van der Waals surface area contributed by atoms with Crippen LogP contribution in [0, 0.1) is 0 Å². The summed E-state index contributed by atoms with van der Waals surface area (Å²) in [5.41, 5.74) is 0.990. The predicted octanol–water partition coefficient (Wildman–Crippen LogP) is 4.20. The molecule has 7 nitrogen and oxygen atoms in total. The maximum atomic E-state index is 13.5. The molecule has 3 heterocycles. The monoisotopic (exact) mass is 464 g/mol. The zero-order valence-corrected chi connectivity index (χ0v) is 20.0. The van der Waals surface area contributed by atoms with E-state index in [-0.39, 0.29) is 23.7 Å². The number of hydrogen-bond acceptors (Lipinski definition) is 5. The van der Waals surface area contributed by atoms with Crippen molar-refractivity contribution in [3.63, 3.8) is 0 Å². The summed E-state index contributed by atoms with van der Waals surface area (Å²) >= 11 is 0. The Labute approximate surface area is 202 Å². The van der Waals surface area contributed by atoms with Gasteiger partial charge in [-0.3, -0.25) is 15.2 Å². The van der Waals surface area contributed by atoms with Crippen molar-refractivity contribution < 1.29 is 14.3 Å². The minimum absolute atomic E-state index is 0.00489. The van der Waals surface area contributed by atoms with E-state index in [0.29, 0.717) is 12.8 Å². The summed E-state index contributed by atoms with van der Waals surface area (Å²) in [6, 6.07) is 11.0. The number of urea groups is 1. The van der Waals surface area contributed by atoms with E-state index in [1.807, 2.05) is 0 Å². The van der Waals surface area contributed by atoms with E-state index in [1.165, 1.54) is 24.8 Å². The summed E-state index contributed by atoms with van der Waals surface area (Å²) in [5, 5.41) is 3.25. The van der Waals surface area contributed by atoms with Crippen LogP contribution in [0.2, 0.25) is 0 Å². The van der Waals surface area contributed by atoms with Gasteiger partial charge in [0, 0.05) is 19.6 Å². The highest BCUT2D eigenvalue weighted by molar-refractivity contribution is 6.10. The highest BCUT2D eigenvalue weighted by atomic mass is 16.7. The van der Waals surface area contributed by atoms with E-state index >= 15 is 0 Å². The first-order valence-electron chi connectivity index (χ1n) is 13.1. The number of carbonyl (C=O) groups is 1. The lowest BCUT2D eigenvalue weighted by Crippen LogP contribution is -2.59. The fraction of sp³-hybridized carbons (Fsp3) is 0.630. The van der Waals surface area contributed by atoms with E-state index in [4.69, 9.17) is 14.5 Å². The van der Waals surface area contributed by atoms with Crippen molar-refractivity contribution in [2.24, 2.45) is 4.99 Å². The van der Waals surface area contributed by atoms with Crippen LogP contribution in [0.15, 0.2) is 47.2 Å². The first kappa shape index (κ1) is 22.1. The quantitative estimate of drug-likeness (QED) is 0.725. The van der Waals surface area contributed by atoms with Crippen molar-refractivity contribution in [1.29, 1.82) is 0 Å². The molecule has 0 radical (unpaired) electrons. The molecule has 1 aromatic carbocycles. The Morgan fingerprint density at radius 3 is 2.62 bits per heavy atom. The summed E-state index contributed by atoms with van der Waals surface area (Å²) in [4.78, 5) is 23.4. The van der Waals surface area contributed by atoms with Gasteiger partial charge < -0.3 is 14.4 Å². The lowest BCUT2D eigenvalue weighted by Gasteiger charge is -2.46. The molecule has 5 aliphatic rings. The molecule has 1 saturated carbocycles. The van der Waals surface area contributed by atoms with Crippen molar-refractivity contribution in [3.8, 4) is 0 Å². The van der Waals surface area contributed by atoms with Crippen LogP contribution in [0.5, 0.6) is 0 Å². The first-order valence-corrected chi connectivity index (χ1v) is 13.1. The average molecular weight is 465 g/mol. The molecule has 2 aliphatic carbocycles. The molecule has 3 aliphatic heterocycles. The van der Waals surface area contributed by atoms with Gasteiger partial charge in [0.25, 0.3) is 0 Å². The van der Waals surface area contributed by atoms with Gasteiger partial charge in [-0.15, -0.1) is 0 Å². The van der Waals surface area contributed by atoms with Gasteiger partial charge in [0.05, 0.1) is 12.1 Å². The summed E-state index contributed by atoms with van der Waals surface area (Å²) in [5.74, 6) is 1.83. The molecule has 7 heteroatoms. The molecule has 3 saturated heterocycles. The number of aliphatic imine (C=N–C) groups is 1. The molecule has 2 unspecified atom stereocenters. The summed E-state index contributed by atoms with van der Waals surface area (Å²) in [6.07, 6.45) is 11.9. The van der Waals surface area contributed by atoms with Crippen LogP contribution in [0.4, 0.5) is 4.79 Å². The Morgan fingerprint density at radius 1 is 1.03 bits per heavy atom. The van der Waals surface area contributed by atoms with Gasteiger partial charge in [0.15, 0.2) is 6.79 Å². The van der Waals surface area contributed by atoms with Crippen LogP contribution < -0.4 is 5.32 Å². The van der Waals surface area contributed by atoms with Crippen LogP contribution in [-0.2, 0) is 16.0 Å². The van der Waals surface area contributed by atoms with Gasteiger partial charge in [0.2, 0.25) is 0 Å². The van der Waals surface area contributed by atoms with Gasteiger partial charge >= 0.3 is 6.03 Å². The lowest BCUT2D eigenvalue weighted by molar-refractivity contribution is 0.0428. The minimum atomic E-state index is -0.351. The van der Waals surface area contributed by atoms with Crippen molar-refractivity contribution in [3.05, 3.63) is 47.7 Å². The molecular formula is C27H36N4O3. The van der Waals surface area contributed by atoms with E-state index in [9.17, 15) is 4.79 Å². The number of benzene rings is 1. The Hall–Kier alpha value is -2.38. The SMILES string of the molecule is O=C1NC(=NC2CCCCC2)C2(CCN(Cc3ccccc3)CC2)N1C1C=C2OCOC2CC1. The van der Waals surface area contributed by atoms with E-state index in [2.05, 4.69) is 51.5 Å². The number of piperidine rings is 1. The molecule has 6 rings (SSSR count). The smallest absolute Gasteiger partial charge is 0.324 e. The number of nitrogens with one attached hydrogen (secondary N) is 1. The zero-order chi connectivity index (χ0) is 23.0. The lowest BCUT2D eigenvalue weighted by atomic mass is 9.82. The number of likely N-dealkylation sites (tertiary alicyclic amines) is 1. The Bertz CT molecular complexity index is 948. The number of hydrogen-bond donors (Lipinski definition) is 1. The van der Waals surface area contributed by atoms with Gasteiger partial charge in [-0.2, -0.15) is 0 Å². The maximum Gasteiger partial charge on any atom is 0.324 e. The number of ether oxygens (including phenoxy) is 2. The molecule has 1 N–H and O–H groups in total. The highest BCUT2D eigenvalue weighted by Crippen LogP contribution is 2.40. The van der Waals surface area contributed by atoms with Gasteiger partial charge in [-0.1, -0.05) is 49.6 Å². The third-order valence-corrected chi connectivity index (χ3v) is 8.39. The van der Waals surface area contributed by atoms with Gasteiger partial charge in [0.1, 0.15) is 23.2 Å². The molecule has 1 aromatic rings. The fourth-order valence-electron chi connectivity index (χ4n) is 6.54. The van der Waals surface area contributed by atoms with Gasteiger partial charge in [-0.25, -0.2) is 4.79 Å². The number of nitrogens with zero attached hydrogens (tertiary/aromatic N) is 3. The van der Waals surface area contributed by atoms with Crippen molar-refractivity contribution in [2.75, 3.05) is 19.9 Å². The second kappa shape index (κ2) is 9.34. The standard InChI is InChI=1S/C27H36N4O3/c32-26-29-25(28-21-9-5-2-6-10-21)27(31(26)22-11-12-23-24(17-22)34-19-33-23)13-15-30(16-14-27)18-20-7-3-1-4-8-20/h1,3-4,7-8,17,21-23H,2,5-6,9-16,18-19H2,(H,28,29,32). The minimum Gasteiger partial charge on any atom is -0.469 e. The van der Waals surface area contributed by atoms with Crippen LogP contribution in [0.1, 0.15) is 63.4 Å². The highest BCUT2D eigenvalue weighted by Gasteiger charge is 2.55. The maximum absolute atomic E-state index is 13.5. The second-order valence-corrected chi connectivity index (χ2v) is 10.5. The van der Waals surface area contributed by atoms with Crippen LogP contribution in [0.25, 0.3) is 0 Å². The van der Waals surface area contributed by atoms with Gasteiger partial charge in [-0.05, 0) is 50.2 Å². The third kappa shape index (κ3) is 4.13. The Balaban J connectivity index is 1.27. The largest absolute Gasteiger partial charge is 0.469 e. The number of fused-ring (bicyclic) bond motifs is 1. The number of rotatable bonds is 4. The van der Waals surface area contributed by atoms with Crippen molar-refractivity contribution in [1.82, 2.24) is 15.1 Å². The normalized spacial score (nSPS) is 30.8. The fourth-order valence-corrected chi connectivity index (χ4v) is 6.54. The molecule has 2 amide bonds. The van der Waals surface area contributed by atoms with Crippen molar-refractivity contribution >= 4 is 11.9 Å². The first-order chi connectivity index (χ1) is 16.7. The van der Waals surface area contributed by atoms with E-state index < -0.39 is 0 Å². The number of amidine groups is 1. The van der Waals surface area contributed by atoms with E-state index in [0.717, 1.165) is 69.8 Å². The molecule has 2 atom stereocenters. The van der Waals surface area contributed by atoms with Crippen molar-refractivity contribution in [2.45, 2.75) is 88.1 Å². The molecule has 0 aromatic heterocycles. The molecule has 0 bridgehead atoms. The molecule has 34 heavy (non-hydrogen) atoms. The predicted molar refractivity (Wildman–Crippen MR) is 130 cm³/mol. The van der Waals surface area contributed by atoms with Crippen LogP contribution in [-0.4, -0.2) is 65.3 Å². The molecular weight excluding hydrogens is 428 g/mol. The summed E-state index contributed by atoms with van der Waals surface area (Å²) < 4.78 is 11.4. The topological polar surface area (TPSA) is 66.4 Å². The zero-order valence-electron chi connectivity index (χ0n) is 20.0. The molecule has 1 spiro atoms. The number of carbonyl (C=O) groups excluding carboxylic acids is 1. The summed E-state index contributed by atoms with van der Waals surface area (Å²) in [7, 11) is 0. The average Bonchev–Trinajstić information content (AvgIpc) is 3.44. The number of amides is 2. The molecule has 182 valence electrons. The van der Waals surface area contributed by atoms with E-state index in [1.54, 1.807) is 0 Å². The third-order valence-electron chi connectivity index (χ3n) is 8.39.